The maximum Gasteiger partial charge on any atom is 0.416 e. The highest BCUT2D eigenvalue weighted by Crippen LogP contribution is 2.37. The molecule has 0 saturated carbocycles. The molecule has 5 rings (SSSR count). The molecule has 0 aliphatic carbocycles. The normalized spacial score (nSPS) is 14.0. The van der Waals surface area contributed by atoms with Gasteiger partial charge < -0.3 is 13.9 Å². The Morgan fingerprint density at radius 3 is 2.56 bits per heavy atom. The van der Waals surface area contributed by atoms with Crippen molar-refractivity contribution < 1.29 is 27.1 Å². The number of hydrogen-bond acceptors (Lipinski definition) is 5. The molecule has 4 aromatic rings. The Bertz CT molecular complexity index is 1410. The summed E-state index contributed by atoms with van der Waals surface area (Å²) in [5, 5.41) is 0.744. The van der Waals surface area contributed by atoms with E-state index in [1.807, 2.05) is 41.3 Å². The van der Waals surface area contributed by atoms with Gasteiger partial charge in [-0.15, -0.1) is 0 Å². The van der Waals surface area contributed by atoms with Crippen molar-refractivity contribution in [1.29, 1.82) is 0 Å². The first-order valence-corrected chi connectivity index (χ1v) is 10.6. The van der Waals surface area contributed by atoms with Gasteiger partial charge in [-0.05, 0) is 47.0 Å². The lowest BCUT2D eigenvalue weighted by molar-refractivity contribution is -0.137. The first-order valence-electron chi connectivity index (χ1n) is 10.6. The fraction of sp³-hybridized carbons (Fsp3) is 0.192. The zero-order valence-corrected chi connectivity index (χ0v) is 18.2. The number of fused-ring (bicyclic) bond motifs is 3. The van der Waals surface area contributed by atoms with Crippen LogP contribution in [0.4, 0.5) is 13.2 Å². The fourth-order valence-corrected chi connectivity index (χ4v) is 4.19. The van der Waals surface area contributed by atoms with Crippen LogP contribution < -0.4 is 15.1 Å². The number of alkyl halides is 3. The van der Waals surface area contributed by atoms with Gasteiger partial charge in [-0.25, -0.2) is 4.79 Å². The van der Waals surface area contributed by atoms with E-state index in [4.69, 9.17) is 13.9 Å². The zero-order chi connectivity index (χ0) is 23.9. The third kappa shape index (κ3) is 4.24. The van der Waals surface area contributed by atoms with Gasteiger partial charge in [0.1, 0.15) is 23.8 Å². The van der Waals surface area contributed by atoms with Crippen LogP contribution in [0.1, 0.15) is 16.7 Å². The summed E-state index contributed by atoms with van der Waals surface area (Å²) < 4.78 is 55.9. The Labute approximate surface area is 192 Å². The van der Waals surface area contributed by atoms with E-state index in [9.17, 15) is 18.0 Å². The maximum atomic E-state index is 13.1. The third-order valence-corrected chi connectivity index (χ3v) is 5.82. The van der Waals surface area contributed by atoms with E-state index in [2.05, 4.69) is 0 Å². The number of nitrogens with zero attached hydrogens (tertiary/aromatic N) is 1. The van der Waals surface area contributed by atoms with Crippen LogP contribution >= 0.6 is 0 Å². The summed E-state index contributed by atoms with van der Waals surface area (Å²) in [5.74, 6) is 1.29. The van der Waals surface area contributed by atoms with Crippen LogP contribution in [0.2, 0.25) is 0 Å². The third-order valence-electron chi connectivity index (χ3n) is 5.82. The number of hydrogen-bond donors (Lipinski definition) is 0. The van der Waals surface area contributed by atoms with Crippen molar-refractivity contribution in [3.05, 3.63) is 93.8 Å². The molecule has 0 spiro atoms. The monoisotopic (exact) mass is 467 g/mol. The maximum absolute atomic E-state index is 13.1. The summed E-state index contributed by atoms with van der Waals surface area (Å²) >= 11 is 0. The zero-order valence-electron chi connectivity index (χ0n) is 18.2. The quantitative estimate of drug-likeness (QED) is 0.353. The van der Waals surface area contributed by atoms with Gasteiger partial charge >= 0.3 is 11.8 Å². The molecule has 0 N–H and O–H groups in total. The summed E-state index contributed by atoms with van der Waals surface area (Å²) in [6.45, 7) is 0.817. The van der Waals surface area contributed by atoms with E-state index in [1.54, 1.807) is 13.2 Å². The van der Waals surface area contributed by atoms with Gasteiger partial charge in [0.05, 0.1) is 18.2 Å². The van der Waals surface area contributed by atoms with Gasteiger partial charge in [0.25, 0.3) is 0 Å². The highest BCUT2D eigenvalue weighted by molar-refractivity contribution is 5.95. The lowest BCUT2D eigenvalue weighted by Crippen LogP contribution is -2.31. The Morgan fingerprint density at radius 2 is 1.82 bits per heavy atom. The molecule has 5 nitrogen and oxygen atoms in total. The van der Waals surface area contributed by atoms with Crippen molar-refractivity contribution >= 4 is 11.0 Å². The second-order valence-electron chi connectivity index (χ2n) is 8.09. The number of ether oxygens (including phenoxy) is 2. The first-order chi connectivity index (χ1) is 16.3. The van der Waals surface area contributed by atoms with E-state index >= 15 is 0 Å². The molecule has 174 valence electrons. The Hall–Kier alpha value is -3.78. The van der Waals surface area contributed by atoms with Gasteiger partial charge in [0.2, 0.25) is 0 Å². The average molecular weight is 467 g/mol. The molecule has 0 saturated heterocycles. The second-order valence-corrected chi connectivity index (χ2v) is 8.09. The topological polar surface area (TPSA) is 51.9 Å². The largest absolute Gasteiger partial charge is 0.497 e. The first kappa shape index (κ1) is 22.0. The van der Waals surface area contributed by atoms with Crippen LogP contribution in [-0.4, -0.2) is 18.7 Å². The molecule has 1 aliphatic rings. The van der Waals surface area contributed by atoms with E-state index in [-0.39, 0.29) is 13.3 Å². The highest BCUT2D eigenvalue weighted by Gasteiger charge is 2.30. The van der Waals surface area contributed by atoms with Gasteiger partial charge in [0.15, 0.2) is 0 Å². The number of rotatable bonds is 4. The predicted molar refractivity (Wildman–Crippen MR) is 121 cm³/mol. The molecule has 8 heteroatoms. The Kier molecular flexibility index (Phi) is 5.53. The minimum atomic E-state index is -4.40. The van der Waals surface area contributed by atoms with Crippen molar-refractivity contribution in [2.75, 3.05) is 13.8 Å². The van der Waals surface area contributed by atoms with Crippen LogP contribution in [0.5, 0.6) is 11.5 Å². The van der Waals surface area contributed by atoms with Crippen molar-refractivity contribution in [2.24, 2.45) is 0 Å². The molecule has 2 heterocycles. The summed E-state index contributed by atoms with van der Waals surface area (Å²) in [7, 11) is 1.58. The van der Waals surface area contributed by atoms with E-state index < -0.39 is 17.4 Å². The van der Waals surface area contributed by atoms with Crippen molar-refractivity contribution in [3.8, 4) is 22.6 Å². The molecule has 0 unspecified atom stereocenters. The molecule has 1 aliphatic heterocycles. The smallest absolute Gasteiger partial charge is 0.416 e. The number of methoxy groups -OCH3 is 1. The fourth-order valence-electron chi connectivity index (χ4n) is 4.19. The van der Waals surface area contributed by atoms with Crippen LogP contribution in [0.15, 0.2) is 75.9 Å². The summed E-state index contributed by atoms with van der Waals surface area (Å²) in [6, 6.07) is 17.7. The minimum absolute atomic E-state index is 0.206. The molecular weight excluding hydrogens is 447 g/mol. The van der Waals surface area contributed by atoms with Crippen LogP contribution in [0, 0.1) is 0 Å². The van der Waals surface area contributed by atoms with E-state index in [0.717, 1.165) is 23.1 Å². The van der Waals surface area contributed by atoms with Gasteiger partial charge in [-0.2, -0.15) is 13.2 Å². The molecule has 0 bridgehead atoms. The van der Waals surface area contributed by atoms with Crippen molar-refractivity contribution in [3.63, 3.8) is 0 Å². The number of benzene rings is 3. The molecule has 1 aromatic heterocycles. The van der Waals surface area contributed by atoms with Crippen LogP contribution in [-0.2, 0) is 19.3 Å². The van der Waals surface area contributed by atoms with Crippen LogP contribution in [0.3, 0.4) is 0 Å². The molecule has 34 heavy (non-hydrogen) atoms. The lowest BCUT2D eigenvalue weighted by Gasteiger charge is -2.29. The Morgan fingerprint density at radius 1 is 1.03 bits per heavy atom. The predicted octanol–water partition coefficient (Wildman–Crippen LogP) is 5.84. The van der Waals surface area contributed by atoms with Crippen molar-refractivity contribution in [2.45, 2.75) is 19.3 Å². The summed E-state index contributed by atoms with van der Waals surface area (Å²) in [4.78, 5) is 14.3. The average Bonchev–Trinajstić information content (AvgIpc) is 2.83. The molecule has 3 aromatic carbocycles. The molecule has 0 atom stereocenters. The van der Waals surface area contributed by atoms with Gasteiger partial charge in [0, 0.05) is 24.5 Å². The Balaban J connectivity index is 1.50. The lowest BCUT2D eigenvalue weighted by atomic mass is 9.99. The SMILES string of the molecule is COc1ccc(-c2cc(=O)oc3c4c(ccc23)OCN(Cc2cccc(C(F)(F)F)c2)C4)cc1. The van der Waals surface area contributed by atoms with Gasteiger partial charge in [-0.3, -0.25) is 4.90 Å². The summed E-state index contributed by atoms with van der Waals surface area (Å²) in [5.41, 5.74) is 1.96. The van der Waals surface area contributed by atoms with Crippen molar-refractivity contribution in [1.82, 2.24) is 4.90 Å². The summed E-state index contributed by atoms with van der Waals surface area (Å²) in [6.07, 6.45) is -4.40. The standard InChI is InChI=1S/C26H20F3NO4/c1-32-19-7-5-17(6-8-19)21-12-24(31)34-25-20(21)9-10-23-22(25)14-30(15-33-23)13-16-3-2-4-18(11-16)26(27,28)29/h2-12H,13-15H2,1H3. The number of halogens is 3. The minimum Gasteiger partial charge on any atom is -0.497 e. The highest BCUT2D eigenvalue weighted by atomic mass is 19.4. The molecule has 0 radical (unpaired) electrons. The molecular formula is C26H20F3NO4. The van der Waals surface area contributed by atoms with E-state index in [1.165, 1.54) is 12.1 Å². The van der Waals surface area contributed by atoms with Gasteiger partial charge in [-0.1, -0.05) is 30.3 Å². The molecule has 0 fully saturated rings. The van der Waals surface area contributed by atoms with E-state index in [0.29, 0.717) is 40.3 Å². The van der Waals surface area contributed by atoms with Crippen LogP contribution in [0.25, 0.3) is 22.1 Å². The molecule has 0 amide bonds. The second kappa shape index (κ2) is 8.53.